The number of nitrogens with zero attached hydrogens (tertiary/aromatic N) is 1. The van der Waals surface area contributed by atoms with Crippen LogP contribution in [0.4, 0.5) is 0 Å². The van der Waals surface area contributed by atoms with Crippen molar-refractivity contribution in [1.82, 2.24) is 4.90 Å². The molecule has 0 bridgehead atoms. The Bertz CT molecular complexity index is 235. The molecule has 1 saturated heterocycles. The summed E-state index contributed by atoms with van der Waals surface area (Å²) in [5.74, 6) is 0.503. The van der Waals surface area contributed by atoms with Gasteiger partial charge in [0.1, 0.15) is 19.3 Å². The number of likely N-dealkylation sites (tertiary alicyclic amines) is 1. The first-order valence-corrected chi connectivity index (χ1v) is 5.85. The average molecular weight is 229 g/mol. The molecular formula is C12H23NO3. The molecule has 0 aromatic rings. The monoisotopic (exact) mass is 229 g/mol. The minimum absolute atomic E-state index is 0.140. The van der Waals surface area contributed by atoms with E-state index in [0.29, 0.717) is 25.7 Å². The zero-order valence-electron chi connectivity index (χ0n) is 10.8. The molecule has 4 nitrogen and oxygen atoms in total. The van der Waals surface area contributed by atoms with E-state index < -0.39 is 0 Å². The van der Waals surface area contributed by atoms with Gasteiger partial charge in [-0.25, -0.2) is 0 Å². The summed E-state index contributed by atoms with van der Waals surface area (Å²) in [7, 11) is 0. The van der Waals surface area contributed by atoms with Crippen molar-refractivity contribution < 1.29 is 14.3 Å². The first kappa shape index (κ1) is 13.6. The number of carbonyl (C=O) groups excluding carboxylic acids is 1. The van der Waals surface area contributed by atoms with Gasteiger partial charge in [-0.2, -0.15) is 0 Å². The Labute approximate surface area is 97.9 Å². The largest absolute Gasteiger partial charge is 0.350 e. The Balaban J connectivity index is 2.12. The zero-order chi connectivity index (χ0) is 12.2. The molecule has 4 heteroatoms. The normalized spacial score (nSPS) is 23.8. The summed E-state index contributed by atoms with van der Waals surface area (Å²) in [6.07, 6.45) is 0.644. The smallest absolute Gasteiger partial charge is 0.149 e. The molecule has 1 fully saturated rings. The third kappa shape index (κ3) is 5.05. The molecule has 0 spiro atoms. The predicted octanol–water partition coefficient (Wildman–Crippen LogP) is 1.64. The highest BCUT2D eigenvalue weighted by Crippen LogP contribution is 2.12. The van der Waals surface area contributed by atoms with Gasteiger partial charge in [0.15, 0.2) is 0 Å². The van der Waals surface area contributed by atoms with Crippen LogP contribution in [0.5, 0.6) is 0 Å². The summed E-state index contributed by atoms with van der Waals surface area (Å²) >= 11 is 0. The molecule has 0 radical (unpaired) electrons. The van der Waals surface area contributed by atoms with Crippen LogP contribution >= 0.6 is 0 Å². The van der Waals surface area contributed by atoms with Crippen molar-refractivity contribution in [3.05, 3.63) is 0 Å². The van der Waals surface area contributed by atoms with Gasteiger partial charge in [-0.15, -0.1) is 0 Å². The van der Waals surface area contributed by atoms with Gasteiger partial charge in [-0.3, -0.25) is 9.69 Å². The van der Waals surface area contributed by atoms with Gasteiger partial charge in [0.2, 0.25) is 0 Å². The second-order valence-corrected chi connectivity index (χ2v) is 5.40. The fraction of sp³-hybridized carbons (Fsp3) is 0.917. The Morgan fingerprint density at radius 2 is 2.12 bits per heavy atom. The number of hydrogen-bond donors (Lipinski definition) is 0. The van der Waals surface area contributed by atoms with Crippen molar-refractivity contribution in [3.63, 3.8) is 0 Å². The highest BCUT2D eigenvalue weighted by molar-refractivity contribution is 5.81. The molecule has 0 aromatic carbocycles. The fourth-order valence-corrected chi connectivity index (χ4v) is 1.60. The Kier molecular flexibility index (Phi) is 4.89. The maximum Gasteiger partial charge on any atom is 0.149 e. The lowest BCUT2D eigenvalue weighted by Crippen LogP contribution is -2.41. The molecule has 1 unspecified atom stereocenters. The summed E-state index contributed by atoms with van der Waals surface area (Å²) in [5.41, 5.74) is -0.162. The number of hydrogen-bond acceptors (Lipinski definition) is 4. The van der Waals surface area contributed by atoms with Crippen LogP contribution in [0.2, 0.25) is 0 Å². The van der Waals surface area contributed by atoms with E-state index in [1.54, 1.807) is 0 Å². The Morgan fingerprint density at radius 1 is 1.44 bits per heavy atom. The molecule has 1 rings (SSSR count). The number of ether oxygens (including phenoxy) is 2. The second-order valence-electron chi connectivity index (χ2n) is 5.40. The van der Waals surface area contributed by atoms with Gasteiger partial charge in [0.25, 0.3) is 0 Å². The molecule has 16 heavy (non-hydrogen) atoms. The van der Waals surface area contributed by atoms with Crippen LogP contribution in [0.1, 0.15) is 34.1 Å². The van der Waals surface area contributed by atoms with E-state index in [2.05, 4.69) is 4.90 Å². The molecule has 0 aromatic heterocycles. The molecule has 1 atom stereocenters. The van der Waals surface area contributed by atoms with Crippen molar-refractivity contribution >= 4 is 5.78 Å². The molecular weight excluding hydrogens is 206 g/mol. The average Bonchev–Trinajstić information content (AvgIpc) is 2.17. The van der Waals surface area contributed by atoms with Crippen LogP contribution in [0.15, 0.2) is 0 Å². The lowest BCUT2D eigenvalue weighted by atomic mass is 9.99. The van der Waals surface area contributed by atoms with E-state index in [1.807, 2.05) is 27.7 Å². The molecule has 0 N–H and O–H groups in total. The highest BCUT2D eigenvalue weighted by Gasteiger charge is 2.23. The van der Waals surface area contributed by atoms with Crippen LogP contribution in [0.25, 0.3) is 0 Å². The minimum Gasteiger partial charge on any atom is -0.350 e. The highest BCUT2D eigenvalue weighted by atomic mass is 16.7. The maximum atomic E-state index is 11.3. The van der Waals surface area contributed by atoms with Crippen molar-refractivity contribution in [1.29, 1.82) is 0 Å². The van der Waals surface area contributed by atoms with E-state index >= 15 is 0 Å². The van der Waals surface area contributed by atoms with Gasteiger partial charge >= 0.3 is 0 Å². The third-order valence-electron chi connectivity index (χ3n) is 2.61. The van der Waals surface area contributed by atoms with Gasteiger partial charge in [0.05, 0.1) is 5.60 Å². The van der Waals surface area contributed by atoms with E-state index in [4.69, 9.17) is 9.47 Å². The third-order valence-corrected chi connectivity index (χ3v) is 2.61. The second kappa shape index (κ2) is 5.75. The number of Topliss-reactive ketones (excluding diaryl/α,β-unsaturated/α-hetero) is 1. The summed E-state index contributed by atoms with van der Waals surface area (Å²) in [4.78, 5) is 13.5. The van der Waals surface area contributed by atoms with E-state index in [1.165, 1.54) is 0 Å². The Morgan fingerprint density at radius 3 is 2.69 bits per heavy atom. The lowest BCUT2D eigenvalue weighted by molar-refractivity contribution is -0.147. The molecule has 0 saturated carbocycles. The van der Waals surface area contributed by atoms with Crippen LogP contribution in [-0.2, 0) is 14.3 Å². The number of piperidine rings is 1. The topological polar surface area (TPSA) is 38.8 Å². The first-order chi connectivity index (χ1) is 7.38. The predicted molar refractivity (Wildman–Crippen MR) is 62.0 cm³/mol. The fourth-order valence-electron chi connectivity index (χ4n) is 1.60. The van der Waals surface area contributed by atoms with Gasteiger partial charge in [0, 0.05) is 25.4 Å². The number of carbonyl (C=O) groups is 1. The molecule has 94 valence electrons. The molecule has 0 aliphatic carbocycles. The lowest BCUT2D eigenvalue weighted by Gasteiger charge is -2.30. The molecule has 1 aliphatic heterocycles. The SMILES string of the molecule is CC1CN(COCOC(C)(C)C)CCC1=O. The van der Waals surface area contributed by atoms with Crippen molar-refractivity contribution in [2.75, 3.05) is 26.6 Å². The van der Waals surface area contributed by atoms with E-state index in [0.717, 1.165) is 13.1 Å². The van der Waals surface area contributed by atoms with Crippen LogP contribution in [0.3, 0.4) is 0 Å². The summed E-state index contributed by atoms with van der Waals surface area (Å²) < 4.78 is 10.9. The summed E-state index contributed by atoms with van der Waals surface area (Å²) in [6.45, 7) is 10.4. The van der Waals surface area contributed by atoms with E-state index in [9.17, 15) is 4.79 Å². The standard InChI is InChI=1S/C12H23NO3/c1-10-7-13(6-5-11(10)14)8-15-9-16-12(2,3)4/h10H,5-9H2,1-4H3. The first-order valence-electron chi connectivity index (χ1n) is 5.85. The van der Waals surface area contributed by atoms with Crippen LogP contribution < -0.4 is 0 Å². The number of rotatable bonds is 4. The van der Waals surface area contributed by atoms with Crippen LogP contribution in [-0.4, -0.2) is 42.9 Å². The Hall–Kier alpha value is -0.450. The molecule has 0 amide bonds. The molecule has 1 heterocycles. The van der Waals surface area contributed by atoms with Crippen LogP contribution in [0, 0.1) is 5.92 Å². The molecule has 1 aliphatic rings. The summed E-state index contributed by atoms with van der Waals surface area (Å²) in [6, 6.07) is 0. The van der Waals surface area contributed by atoms with Gasteiger partial charge in [-0.1, -0.05) is 6.92 Å². The van der Waals surface area contributed by atoms with Gasteiger partial charge < -0.3 is 9.47 Å². The quantitative estimate of drug-likeness (QED) is 0.542. The zero-order valence-corrected chi connectivity index (χ0v) is 10.8. The minimum atomic E-state index is -0.162. The van der Waals surface area contributed by atoms with Crippen molar-refractivity contribution in [2.24, 2.45) is 5.92 Å². The maximum absolute atomic E-state index is 11.3. The summed E-state index contributed by atoms with van der Waals surface area (Å²) in [5, 5.41) is 0. The van der Waals surface area contributed by atoms with Crippen molar-refractivity contribution in [2.45, 2.75) is 39.7 Å². The van der Waals surface area contributed by atoms with Gasteiger partial charge in [-0.05, 0) is 20.8 Å². The number of ketones is 1. The van der Waals surface area contributed by atoms with E-state index in [-0.39, 0.29) is 11.5 Å². The van der Waals surface area contributed by atoms with Crippen molar-refractivity contribution in [3.8, 4) is 0 Å².